The molecule has 3 aliphatic heterocycles. The Bertz CT molecular complexity index is 1870. The minimum atomic E-state index is -0.287. The number of carbonyl (C=O) groups is 3. The molecule has 3 aromatic rings. The van der Waals surface area contributed by atoms with Gasteiger partial charge in [0.1, 0.15) is 22.7 Å². The van der Waals surface area contributed by atoms with E-state index in [9.17, 15) is 19.5 Å². The zero-order valence-corrected chi connectivity index (χ0v) is 35.0. The normalized spacial score (nSPS) is 18.1. The number of carbonyl (C=O) groups excluding carboxylic acids is 3. The Kier molecular flexibility index (Phi) is 14.3. The number of hydrogen-bond donors (Lipinski definition) is 3. The lowest BCUT2D eigenvalue weighted by Crippen LogP contribution is -2.70. The maximum absolute atomic E-state index is 13.5. The lowest BCUT2D eigenvalue weighted by atomic mass is 9.91. The molecule has 1 saturated carbocycles. The lowest BCUT2D eigenvalue weighted by Gasteiger charge is -2.54. The molecule has 7 rings (SSSR count). The molecule has 3 amide bonds. The van der Waals surface area contributed by atoms with Crippen molar-refractivity contribution in [1.29, 1.82) is 0 Å². The fraction of sp³-hybridized carbons (Fsp3) is 0.591. The highest BCUT2D eigenvalue weighted by atomic mass is 32.1. The third-order valence-electron chi connectivity index (χ3n) is 11.8. The Balaban J connectivity index is 0.795. The van der Waals surface area contributed by atoms with Gasteiger partial charge in [0.25, 0.3) is 11.8 Å². The van der Waals surface area contributed by atoms with Gasteiger partial charge in [0, 0.05) is 56.6 Å². The Morgan fingerprint density at radius 1 is 1.07 bits per heavy atom. The van der Waals surface area contributed by atoms with Crippen molar-refractivity contribution in [2.75, 3.05) is 84.1 Å². The number of phenols is 1. The van der Waals surface area contributed by atoms with Gasteiger partial charge in [-0.1, -0.05) is 63.4 Å². The summed E-state index contributed by atoms with van der Waals surface area (Å²) < 4.78 is 17.9. The largest absolute Gasteiger partial charge is 0.506 e. The predicted octanol–water partition coefficient (Wildman–Crippen LogP) is 5.02. The van der Waals surface area contributed by atoms with Gasteiger partial charge in [0.05, 0.1) is 37.8 Å². The van der Waals surface area contributed by atoms with Crippen molar-refractivity contribution in [3.05, 3.63) is 69.2 Å². The molecule has 3 N–H and O–H groups in total. The average Bonchev–Trinajstić information content (AvgIpc) is 3.73. The van der Waals surface area contributed by atoms with Crippen molar-refractivity contribution in [2.24, 2.45) is 0 Å². The van der Waals surface area contributed by atoms with Gasteiger partial charge in [-0.3, -0.25) is 19.3 Å². The molecule has 0 atom stereocenters. The molecule has 14 heteroatoms. The summed E-state index contributed by atoms with van der Waals surface area (Å²) in [5.74, 6) is 0.717. The minimum absolute atomic E-state index is 0.00454. The number of morpholine rings is 1. The van der Waals surface area contributed by atoms with Crippen LogP contribution >= 0.6 is 11.3 Å². The van der Waals surface area contributed by atoms with Gasteiger partial charge < -0.3 is 39.8 Å². The summed E-state index contributed by atoms with van der Waals surface area (Å²) in [6.45, 7) is 11.5. The van der Waals surface area contributed by atoms with E-state index in [-0.39, 0.29) is 41.7 Å². The van der Waals surface area contributed by atoms with Gasteiger partial charge in [-0.2, -0.15) is 0 Å². The SMILES string of the molecule is CC(C)c1nc(C(=O)N2CCOC3(CN(CCc4cccc(CCOCCC(=O)N(CCNCCc5ccc(O)c6c5OCC(=O)N6)C5CCCCC5)c4)C3)C2)cs1. The number of aromatic hydroxyl groups is 1. The molecule has 2 saturated heterocycles. The number of ether oxygens (including phenoxy) is 3. The van der Waals surface area contributed by atoms with Crippen LogP contribution in [-0.4, -0.2) is 133 Å². The second-order valence-corrected chi connectivity index (χ2v) is 17.4. The lowest BCUT2D eigenvalue weighted by molar-refractivity contribution is -0.176. The van der Waals surface area contributed by atoms with E-state index in [0.29, 0.717) is 88.4 Å². The minimum Gasteiger partial charge on any atom is -0.506 e. The van der Waals surface area contributed by atoms with Gasteiger partial charge in [-0.15, -0.1) is 11.3 Å². The molecule has 13 nitrogen and oxygen atoms in total. The van der Waals surface area contributed by atoms with Crippen LogP contribution in [0.1, 0.15) is 90.5 Å². The molecule has 314 valence electrons. The van der Waals surface area contributed by atoms with Crippen LogP contribution in [-0.2, 0) is 38.3 Å². The van der Waals surface area contributed by atoms with Gasteiger partial charge in [0.2, 0.25) is 5.91 Å². The van der Waals surface area contributed by atoms with Gasteiger partial charge >= 0.3 is 0 Å². The maximum atomic E-state index is 13.5. The van der Waals surface area contributed by atoms with Crippen LogP contribution < -0.4 is 15.4 Å². The summed E-state index contributed by atoms with van der Waals surface area (Å²) in [6, 6.07) is 12.4. The average molecular weight is 817 g/mol. The number of hydrogen-bond acceptors (Lipinski definition) is 11. The van der Waals surface area contributed by atoms with Gasteiger partial charge in [0.15, 0.2) is 12.4 Å². The second-order valence-electron chi connectivity index (χ2n) is 16.5. The summed E-state index contributed by atoms with van der Waals surface area (Å²) in [5, 5.41) is 19.2. The zero-order valence-electron chi connectivity index (χ0n) is 34.1. The monoisotopic (exact) mass is 816 g/mol. The molecule has 0 bridgehead atoms. The number of anilines is 1. The standard InChI is InChI=1S/C44H60N6O7S/c1-31(2)42-46-36(27-58-42)43(54)49-21-24-57-44(30-49)28-48(29-44)19-14-32-7-6-8-33(25-32)15-22-55-23-16-39(53)50(35-9-4-3-5-10-35)20-18-45-17-13-34-11-12-37(51)40-41(34)56-26-38(52)47-40/h6-8,11-12,25,27,31,35,45,51H,3-5,9-10,13-24,26,28-30H2,1-2H3,(H,47,52). The van der Waals surface area contributed by atoms with Crippen LogP contribution in [0.3, 0.4) is 0 Å². The highest BCUT2D eigenvalue weighted by Gasteiger charge is 2.48. The summed E-state index contributed by atoms with van der Waals surface area (Å²) in [5.41, 5.74) is 4.03. The smallest absolute Gasteiger partial charge is 0.273 e. The number of likely N-dealkylation sites (tertiary alicyclic amines) is 1. The fourth-order valence-corrected chi connectivity index (χ4v) is 9.44. The molecule has 1 aliphatic carbocycles. The van der Waals surface area contributed by atoms with Crippen molar-refractivity contribution in [2.45, 2.75) is 89.2 Å². The van der Waals surface area contributed by atoms with Crippen LogP contribution in [0.15, 0.2) is 41.8 Å². The van der Waals surface area contributed by atoms with Crippen LogP contribution in [0.25, 0.3) is 0 Å². The summed E-state index contributed by atoms with van der Waals surface area (Å²) >= 11 is 1.56. The van der Waals surface area contributed by atoms with Crippen molar-refractivity contribution in [3.63, 3.8) is 0 Å². The van der Waals surface area contributed by atoms with E-state index in [1.54, 1.807) is 17.4 Å². The number of phenolic OH excluding ortho intramolecular Hbond substituents is 1. The summed E-state index contributed by atoms with van der Waals surface area (Å²) in [4.78, 5) is 49.4. The van der Waals surface area contributed by atoms with E-state index < -0.39 is 0 Å². The first-order valence-corrected chi connectivity index (χ1v) is 22.1. The van der Waals surface area contributed by atoms with Crippen molar-refractivity contribution < 1.29 is 33.7 Å². The van der Waals surface area contributed by atoms with E-state index in [1.807, 2.05) is 16.3 Å². The highest BCUT2D eigenvalue weighted by Crippen LogP contribution is 2.39. The first kappa shape index (κ1) is 42.1. The van der Waals surface area contributed by atoms with E-state index in [1.165, 1.54) is 17.5 Å². The number of aromatic nitrogens is 1. The van der Waals surface area contributed by atoms with E-state index in [2.05, 4.69) is 63.5 Å². The molecule has 2 aromatic carbocycles. The number of fused-ring (bicyclic) bond motifs is 1. The number of nitrogens with zero attached hydrogens (tertiary/aromatic N) is 4. The number of nitrogens with one attached hydrogen (secondary N) is 2. The molecule has 3 fully saturated rings. The molecule has 1 aromatic heterocycles. The third-order valence-corrected chi connectivity index (χ3v) is 12.9. The second kappa shape index (κ2) is 19.8. The van der Waals surface area contributed by atoms with Crippen molar-refractivity contribution in [3.8, 4) is 11.5 Å². The highest BCUT2D eigenvalue weighted by molar-refractivity contribution is 7.09. The molecule has 4 aliphatic rings. The quantitative estimate of drug-likeness (QED) is 0.118. The van der Waals surface area contributed by atoms with Gasteiger partial charge in [-0.25, -0.2) is 4.98 Å². The number of benzene rings is 2. The van der Waals surface area contributed by atoms with Crippen LogP contribution in [0.2, 0.25) is 0 Å². The summed E-state index contributed by atoms with van der Waals surface area (Å²) in [7, 11) is 0. The molecule has 0 radical (unpaired) electrons. The maximum Gasteiger partial charge on any atom is 0.273 e. The Morgan fingerprint density at radius 3 is 2.67 bits per heavy atom. The molecular formula is C44H60N6O7S. The molecule has 58 heavy (non-hydrogen) atoms. The van der Waals surface area contributed by atoms with Crippen LogP contribution in [0, 0.1) is 0 Å². The first-order valence-electron chi connectivity index (χ1n) is 21.2. The van der Waals surface area contributed by atoms with E-state index in [4.69, 9.17) is 14.2 Å². The molecule has 0 unspecified atom stereocenters. The number of amides is 3. The number of thiazole rings is 1. The van der Waals surface area contributed by atoms with E-state index in [0.717, 1.165) is 68.7 Å². The van der Waals surface area contributed by atoms with Crippen molar-refractivity contribution in [1.82, 2.24) is 25.0 Å². The number of rotatable bonds is 18. The fourth-order valence-electron chi connectivity index (χ4n) is 8.63. The van der Waals surface area contributed by atoms with Crippen LogP contribution in [0.4, 0.5) is 5.69 Å². The van der Waals surface area contributed by atoms with E-state index >= 15 is 0 Å². The Labute approximate surface area is 346 Å². The van der Waals surface area contributed by atoms with Gasteiger partial charge in [-0.05, 0) is 61.4 Å². The topological polar surface area (TPSA) is 146 Å². The summed E-state index contributed by atoms with van der Waals surface area (Å²) in [6.07, 6.45) is 8.40. The molecular weight excluding hydrogens is 757 g/mol. The first-order chi connectivity index (χ1) is 28.2. The Morgan fingerprint density at radius 2 is 1.88 bits per heavy atom. The molecule has 4 heterocycles. The van der Waals surface area contributed by atoms with Crippen molar-refractivity contribution >= 4 is 34.7 Å². The van der Waals surface area contributed by atoms with Crippen LogP contribution in [0.5, 0.6) is 11.5 Å². The third kappa shape index (κ3) is 10.7. The Hall–Kier alpha value is -4.08. The molecule has 1 spiro atoms. The zero-order chi connectivity index (χ0) is 40.5. The predicted molar refractivity (Wildman–Crippen MR) is 224 cm³/mol.